The van der Waals surface area contributed by atoms with Crippen LogP contribution in [0.25, 0.3) is 0 Å². The number of rotatable bonds is 4. The first-order valence-corrected chi connectivity index (χ1v) is 8.42. The zero-order valence-electron chi connectivity index (χ0n) is 11.8. The summed E-state index contributed by atoms with van der Waals surface area (Å²) in [4.78, 5) is 12.3. The highest BCUT2D eigenvalue weighted by molar-refractivity contribution is 7.92. The van der Waals surface area contributed by atoms with E-state index in [1.54, 1.807) is 30.3 Å². The molecule has 21 heavy (non-hydrogen) atoms. The molecule has 0 fully saturated rings. The molecule has 0 amide bonds. The summed E-state index contributed by atoms with van der Waals surface area (Å²) in [6, 6.07) is 11.3. The van der Waals surface area contributed by atoms with Crippen molar-refractivity contribution in [3.05, 3.63) is 64.2 Å². The highest BCUT2D eigenvalue weighted by atomic mass is 35.5. The largest absolute Gasteiger partial charge is 0.293 e. The molecular formula is C16H15ClO3S. The molecule has 0 aromatic heterocycles. The van der Waals surface area contributed by atoms with E-state index >= 15 is 0 Å². The van der Waals surface area contributed by atoms with E-state index < -0.39 is 21.4 Å². The Morgan fingerprint density at radius 2 is 1.71 bits per heavy atom. The van der Waals surface area contributed by atoms with E-state index in [1.807, 2.05) is 13.8 Å². The van der Waals surface area contributed by atoms with Gasteiger partial charge in [0.25, 0.3) is 0 Å². The maximum absolute atomic E-state index is 12.3. The summed E-state index contributed by atoms with van der Waals surface area (Å²) in [6.45, 7) is 3.74. The lowest BCUT2D eigenvalue weighted by atomic mass is 10.1. The number of sulfone groups is 1. The van der Waals surface area contributed by atoms with Gasteiger partial charge in [-0.3, -0.25) is 4.79 Å². The van der Waals surface area contributed by atoms with Crippen molar-refractivity contribution >= 4 is 27.2 Å². The third-order valence-corrected chi connectivity index (χ3v) is 5.28. The van der Waals surface area contributed by atoms with Crippen LogP contribution in [0.1, 0.15) is 21.5 Å². The predicted molar refractivity (Wildman–Crippen MR) is 83.8 cm³/mol. The normalized spacial score (nSPS) is 11.4. The maximum Gasteiger partial charge on any atom is 0.185 e. The molecule has 2 aromatic carbocycles. The van der Waals surface area contributed by atoms with Crippen LogP contribution in [0.4, 0.5) is 0 Å². The predicted octanol–water partition coefficient (Wildman–Crippen LogP) is 3.61. The molecule has 5 heteroatoms. The van der Waals surface area contributed by atoms with E-state index in [0.717, 1.165) is 11.1 Å². The third kappa shape index (κ3) is 3.52. The van der Waals surface area contributed by atoms with Gasteiger partial charge >= 0.3 is 0 Å². The number of benzene rings is 2. The summed E-state index contributed by atoms with van der Waals surface area (Å²) in [5.74, 6) is -1.09. The molecule has 2 aromatic rings. The molecular weight excluding hydrogens is 308 g/mol. The minimum atomic E-state index is -3.67. The van der Waals surface area contributed by atoms with Crippen LogP contribution in [0, 0.1) is 13.8 Å². The van der Waals surface area contributed by atoms with Gasteiger partial charge in [0.2, 0.25) is 0 Å². The standard InChI is InChI=1S/C16H15ClO3S/c1-11-7-8-13(9-12(11)2)21(19,20)10-16(18)14-5-3-4-6-15(14)17/h3-9H,10H2,1-2H3. The Morgan fingerprint density at radius 1 is 1.05 bits per heavy atom. The fourth-order valence-electron chi connectivity index (χ4n) is 1.93. The number of carbonyl (C=O) groups is 1. The molecule has 0 saturated heterocycles. The SMILES string of the molecule is Cc1ccc(S(=O)(=O)CC(=O)c2ccccc2Cl)cc1C. The van der Waals surface area contributed by atoms with E-state index in [2.05, 4.69) is 0 Å². The van der Waals surface area contributed by atoms with Crippen LogP contribution in [-0.4, -0.2) is 20.0 Å². The van der Waals surface area contributed by atoms with Gasteiger partial charge in [0.1, 0.15) is 5.75 Å². The molecule has 2 rings (SSSR count). The first-order valence-electron chi connectivity index (χ1n) is 6.39. The summed E-state index contributed by atoms with van der Waals surface area (Å²) in [7, 11) is -3.67. The Balaban J connectivity index is 2.31. The van der Waals surface area contributed by atoms with E-state index in [4.69, 9.17) is 11.6 Å². The summed E-state index contributed by atoms with van der Waals surface area (Å²) in [5.41, 5.74) is 2.11. The van der Waals surface area contributed by atoms with Gasteiger partial charge in [-0.1, -0.05) is 29.8 Å². The molecule has 110 valence electrons. The molecule has 0 aliphatic heterocycles. The van der Waals surface area contributed by atoms with Crippen LogP contribution in [-0.2, 0) is 9.84 Å². The van der Waals surface area contributed by atoms with Gasteiger partial charge in [-0.25, -0.2) is 8.42 Å². The second kappa shape index (κ2) is 6.00. The number of carbonyl (C=O) groups excluding carboxylic acids is 1. The van der Waals surface area contributed by atoms with Crippen molar-refractivity contribution in [3.63, 3.8) is 0 Å². The van der Waals surface area contributed by atoms with E-state index in [1.165, 1.54) is 12.1 Å². The monoisotopic (exact) mass is 322 g/mol. The molecule has 0 radical (unpaired) electrons. The van der Waals surface area contributed by atoms with Crippen molar-refractivity contribution < 1.29 is 13.2 Å². The molecule has 3 nitrogen and oxygen atoms in total. The van der Waals surface area contributed by atoms with Gasteiger partial charge in [0.05, 0.1) is 9.92 Å². The highest BCUT2D eigenvalue weighted by Crippen LogP contribution is 2.20. The van der Waals surface area contributed by atoms with Crippen molar-refractivity contribution in [1.29, 1.82) is 0 Å². The number of aryl methyl sites for hydroxylation is 2. The fourth-order valence-corrected chi connectivity index (χ4v) is 3.47. The van der Waals surface area contributed by atoms with Gasteiger partial charge in [0.15, 0.2) is 15.6 Å². The summed E-state index contributed by atoms with van der Waals surface area (Å²) < 4.78 is 24.7. The lowest BCUT2D eigenvalue weighted by Gasteiger charge is -2.07. The van der Waals surface area contributed by atoms with Crippen LogP contribution in [0.2, 0.25) is 5.02 Å². The average molecular weight is 323 g/mol. The Labute approximate surface area is 129 Å². The third-order valence-electron chi connectivity index (χ3n) is 3.33. The van der Waals surface area contributed by atoms with E-state index in [-0.39, 0.29) is 15.5 Å². The van der Waals surface area contributed by atoms with Crippen molar-refractivity contribution in [3.8, 4) is 0 Å². The lowest BCUT2D eigenvalue weighted by Crippen LogP contribution is -2.17. The topological polar surface area (TPSA) is 51.2 Å². The van der Waals surface area contributed by atoms with Gasteiger partial charge < -0.3 is 0 Å². The smallest absolute Gasteiger partial charge is 0.185 e. The summed E-state index contributed by atoms with van der Waals surface area (Å²) in [5, 5.41) is 0.262. The van der Waals surface area contributed by atoms with Crippen LogP contribution < -0.4 is 0 Å². The number of Topliss-reactive ketones (excluding diaryl/α,β-unsaturated/α-hetero) is 1. The summed E-state index contributed by atoms with van der Waals surface area (Å²) >= 11 is 5.92. The molecule has 0 N–H and O–H groups in total. The Morgan fingerprint density at radius 3 is 2.33 bits per heavy atom. The number of ketones is 1. The number of hydrogen-bond acceptors (Lipinski definition) is 3. The van der Waals surface area contributed by atoms with Gasteiger partial charge in [-0.2, -0.15) is 0 Å². The average Bonchev–Trinajstić information content (AvgIpc) is 2.41. The molecule has 0 spiro atoms. The maximum atomic E-state index is 12.3. The molecule has 0 atom stereocenters. The van der Waals surface area contributed by atoms with Crippen LogP contribution in [0.3, 0.4) is 0 Å². The fraction of sp³-hybridized carbons (Fsp3) is 0.188. The minimum Gasteiger partial charge on any atom is -0.293 e. The van der Waals surface area contributed by atoms with Crippen LogP contribution in [0.15, 0.2) is 47.4 Å². The van der Waals surface area contributed by atoms with E-state index in [0.29, 0.717) is 0 Å². The zero-order valence-corrected chi connectivity index (χ0v) is 13.3. The van der Waals surface area contributed by atoms with Gasteiger partial charge in [0, 0.05) is 5.56 Å². The van der Waals surface area contributed by atoms with Crippen LogP contribution >= 0.6 is 11.6 Å². The molecule has 0 aliphatic rings. The Hall–Kier alpha value is -1.65. The first-order chi connectivity index (χ1) is 9.81. The van der Waals surface area contributed by atoms with Crippen molar-refractivity contribution in [1.82, 2.24) is 0 Å². The molecule has 0 saturated carbocycles. The van der Waals surface area contributed by atoms with Crippen molar-refractivity contribution in [2.75, 3.05) is 5.75 Å². The lowest BCUT2D eigenvalue weighted by molar-refractivity contribution is 0.102. The quantitative estimate of drug-likeness (QED) is 0.808. The minimum absolute atomic E-state index is 0.158. The molecule has 0 heterocycles. The van der Waals surface area contributed by atoms with Gasteiger partial charge in [-0.15, -0.1) is 0 Å². The molecule has 0 bridgehead atoms. The van der Waals surface area contributed by atoms with Crippen molar-refractivity contribution in [2.24, 2.45) is 0 Å². The molecule has 0 unspecified atom stereocenters. The van der Waals surface area contributed by atoms with Gasteiger partial charge in [-0.05, 0) is 49.2 Å². The first kappa shape index (κ1) is 15.7. The van der Waals surface area contributed by atoms with E-state index in [9.17, 15) is 13.2 Å². The second-order valence-electron chi connectivity index (χ2n) is 4.91. The molecule has 0 aliphatic carbocycles. The summed E-state index contributed by atoms with van der Waals surface area (Å²) in [6.07, 6.45) is 0. The number of hydrogen-bond donors (Lipinski definition) is 0. The highest BCUT2D eigenvalue weighted by Gasteiger charge is 2.22. The zero-order chi connectivity index (χ0) is 15.6. The van der Waals surface area contributed by atoms with Crippen molar-refractivity contribution in [2.45, 2.75) is 18.7 Å². The second-order valence-corrected chi connectivity index (χ2v) is 7.30. The Kier molecular flexibility index (Phi) is 4.49. The number of halogens is 1. The Bertz CT molecular complexity index is 795. The van der Waals surface area contributed by atoms with Crippen LogP contribution in [0.5, 0.6) is 0 Å².